The molecule has 0 saturated carbocycles. The first-order valence-electron chi connectivity index (χ1n) is 4.60. The topological polar surface area (TPSA) is 69.6 Å². The van der Waals surface area contributed by atoms with E-state index in [-0.39, 0.29) is 24.8 Å². The van der Waals surface area contributed by atoms with Crippen molar-refractivity contribution in [2.24, 2.45) is 5.92 Å². The van der Waals surface area contributed by atoms with Crippen LogP contribution in [0.1, 0.15) is 13.3 Å². The molecule has 0 aliphatic heterocycles. The Morgan fingerprint density at radius 3 is 2.50 bits per heavy atom. The van der Waals surface area contributed by atoms with Gasteiger partial charge in [0.1, 0.15) is 0 Å². The zero-order valence-electron chi connectivity index (χ0n) is 8.91. The van der Waals surface area contributed by atoms with Crippen LogP contribution in [-0.4, -0.2) is 49.1 Å². The highest BCUT2D eigenvalue weighted by atomic mass is 16.4. The third-order valence-electron chi connectivity index (χ3n) is 1.97. The van der Waals surface area contributed by atoms with Crippen LogP contribution in [0.2, 0.25) is 0 Å². The Hall–Kier alpha value is -1.10. The van der Waals surface area contributed by atoms with Crippen LogP contribution in [-0.2, 0) is 9.59 Å². The van der Waals surface area contributed by atoms with E-state index < -0.39 is 5.97 Å². The van der Waals surface area contributed by atoms with Crippen LogP contribution in [0, 0.1) is 5.92 Å². The zero-order valence-corrected chi connectivity index (χ0v) is 8.91. The lowest BCUT2D eigenvalue weighted by atomic mass is 10.1. The van der Waals surface area contributed by atoms with Crippen LogP contribution in [0.25, 0.3) is 0 Å². The molecule has 0 heterocycles. The van der Waals surface area contributed by atoms with Gasteiger partial charge in [0.25, 0.3) is 0 Å². The van der Waals surface area contributed by atoms with E-state index in [1.807, 2.05) is 6.92 Å². The fourth-order valence-corrected chi connectivity index (χ4v) is 1.14. The van der Waals surface area contributed by atoms with Gasteiger partial charge in [0.05, 0.1) is 6.42 Å². The average Bonchev–Trinajstić information content (AvgIpc) is 2.13. The lowest BCUT2D eigenvalue weighted by molar-refractivity contribution is -0.138. The van der Waals surface area contributed by atoms with Crippen LogP contribution < -0.4 is 5.32 Å². The second-order valence-electron chi connectivity index (χ2n) is 3.36. The summed E-state index contributed by atoms with van der Waals surface area (Å²) in [6.45, 7) is 2.69. The second-order valence-corrected chi connectivity index (χ2v) is 3.36. The lowest BCUT2D eigenvalue weighted by Crippen LogP contribution is -2.37. The van der Waals surface area contributed by atoms with Gasteiger partial charge in [-0.3, -0.25) is 9.59 Å². The van der Waals surface area contributed by atoms with E-state index in [2.05, 4.69) is 5.32 Å². The standard InChI is InChI=1S/C9H18N2O3/c1-7(6-10-2)9(14)11(3)5-4-8(12)13/h7,10H,4-6H2,1-3H3,(H,12,13). The average molecular weight is 202 g/mol. The molecule has 0 fully saturated rings. The number of nitrogens with zero attached hydrogens (tertiary/aromatic N) is 1. The normalized spacial score (nSPS) is 12.2. The molecule has 0 spiro atoms. The summed E-state index contributed by atoms with van der Waals surface area (Å²) in [5.74, 6) is -1.02. The molecular weight excluding hydrogens is 184 g/mol. The van der Waals surface area contributed by atoms with Crippen molar-refractivity contribution in [2.75, 3.05) is 27.2 Å². The van der Waals surface area contributed by atoms with E-state index in [4.69, 9.17) is 5.11 Å². The van der Waals surface area contributed by atoms with Crippen molar-refractivity contribution in [3.8, 4) is 0 Å². The number of nitrogens with one attached hydrogen (secondary N) is 1. The van der Waals surface area contributed by atoms with Gasteiger partial charge in [-0.05, 0) is 7.05 Å². The monoisotopic (exact) mass is 202 g/mol. The smallest absolute Gasteiger partial charge is 0.305 e. The molecule has 0 aromatic carbocycles. The van der Waals surface area contributed by atoms with Gasteiger partial charge in [-0.1, -0.05) is 6.92 Å². The summed E-state index contributed by atoms with van der Waals surface area (Å²) < 4.78 is 0. The van der Waals surface area contributed by atoms with Crippen molar-refractivity contribution < 1.29 is 14.7 Å². The number of hydrogen-bond acceptors (Lipinski definition) is 3. The number of rotatable bonds is 6. The molecule has 0 aromatic heterocycles. The van der Waals surface area contributed by atoms with Crippen molar-refractivity contribution in [3.63, 3.8) is 0 Å². The molecule has 1 atom stereocenters. The third-order valence-corrected chi connectivity index (χ3v) is 1.97. The van der Waals surface area contributed by atoms with Gasteiger partial charge in [0.15, 0.2) is 0 Å². The Morgan fingerprint density at radius 1 is 1.50 bits per heavy atom. The number of carbonyl (C=O) groups is 2. The van der Waals surface area contributed by atoms with Crippen molar-refractivity contribution in [1.82, 2.24) is 10.2 Å². The Balaban J connectivity index is 3.91. The predicted octanol–water partition coefficient (Wildman–Crippen LogP) is -0.225. The summed E-state index contributed by atoms with van der Waals surface area (Å²) in [4.78, 5) is 23.3. The molecule has 1 amide bonds. The molecule has 0 saturated heterocycles. The van der Waals surface area contributed by atoms with Crippen molar-refractivity contribution in [1.29, 1.82) is 0 Å². The van der Waals surface area contributed by atoms with Gasteiger partial charge in [-0.2, -0.15) is 0 Å². The van der Waals surface area contributed by atoms with Crippen molar-refractivity contribution in [2.45, 2.75) is 13.3 Å². The molecule has 0 aliphatic rings. The quantitative estimate of drug-likeness (QED) is 0.624. The summed E-state index contributed by atoms with van der Waals surface area (Å²) in [5.41, 5.74) is 0. The van der Waals surface area contributed by atoms with Gasteiger partial charge in [-0.25, -0.2) is 0 Å². The zero-order chi connectivity index (χ0) is 11.1. The van der Waals surface area contributed by atoms with E-state index in [1.54, 1.807) is 14.1 Å². The number of carboxylic acids is 1. The molecule has 82 valence electrons. The fraction of sp³-hybridized carbons (Fsp3) is 0.778. The molecule has 0 aliphatic carbocycles. The summed E-state index contributed by atoms with van der Waals surface area (Å²) in [6.07, 6.45) is -0.00544. The minimum atomic E-state index is -0.883. The van der Waals surface area contributed by atoms with Gasteiger partial charge in [0.2, 0.25) is 5.91 Å². The predicted molar refractivity (Wildman–Crippen MR) is 53.0 cm³/mol. The number of aliphatic carboxylic acids is 1. The Morgan fingerprint density at radius 2 is 2.07 bits per heavy atom. The van der Waals surface area contributed by atoms with E-state index in [9.17, 15) is 9.59 Å². The van der Waals surface area contributed by atoms with Gasteiger partial charge in [0, 0.05) is 26.1 Å². The molecule has 0 rings (SSSR count). The Labute approximate surface area is 84.1 Å². The first-order chi connectivity index (χ1) is 6.49. The number of carbonyl (C=O) groups excluding carboxylic acids is 1. The summed E-state index contributed by atoms with van der Waals surface area (Å²) in [6, 6.07) is 0. The van der Waals surface area contributed by atoms with Gasteiger partial charge < -0.3 is 15.3 Å². The minimum Gasteiger partial charge on any atom is -0.481 e. The van der Waals surface area contributed by atoms with Crippen LogP contribution in [0.4, 0.5) is 0 Å². The molecule has 2 N–H and O–H groups in total. The Kier molecular flexibility index (Phi) is 5.87. The van der Waals surface area contributed by atoms with Gasteiger partial charge in [-0.15, -0.1) is 0 Å². The first kappa shape index (κ1) is 12.9. The first-order valence-corrected chi connectivity index (χ1v) is 4.60. The van der Waals surface area contributed by atoms with E-state index in [0.29, 0.717) is 6.54 Å². The molecule has 14 heavy (non-hydrogen) atoms. The van der Waals surface area contributed by atoms with Crippen LogP contribution >= 0.6 is 0 Å². The highest BCUT2D eigenvalue weighted by Gasteiger charge is 2.16. The minimum absolute atomic E-state index is 0.00544. The highest BCUT2D eigenvalue weighted by Crippen LogP contribution is 2.00. The largest absolute Gasteiger partial charge is 0.481 e. The maximum Gasteiger partial charge on any atom is 0.305 e. The molecular formula is C9H18N2O3. The SMILES string of the molecule is CNCC(C)C(=O)N(C)CCC(=O)O. The van der Waals surface area contributed by atoms with Crippen LogP contribution in [0.15, 0.2) is 0 Å². The number of amides is 1. The van der Waals surface area contributed by atoms with Crippen molar-refractivity contribution >= 4 is 11.9 Å². The molecule has 0 aromatic rings. The third kappa shape index (κ3) is 4.81. The lowest BCUT2D eigenvalue weighted by Gasteiger charge is -2.20. The fourth-order valence-electron chi connectivity index (χ4n) is 1.14. The highest BCUT2D eigenvalue weighted by molar-refractivity contribution is 5.79. The maximum absolute atomic E-state index is 11.5. The number of hydrogen-bond donors (Lipinski definition) is 2. The second kappa shape index (κ2) is 6.37. The van der Waals surface area contributed by atoms with E-state index >= 15 is 0 Å². The van der Waals surface area contributed by atoms with E-state index in [1.165, 1.54) is 4.90 Å². The molecule has 5 heteroatoms. The Bertz CT molecular complexity index is 206. The van der Waals surface area contributed by atoms with Crippen LogP contribution in [0.5, 0.6) is 0 Å². The van der Waals surface area contributed by atoms with Gasteiger partial charge >= 0.3 is 5.97 Å². The molecule has 0 radical (unpaired) electrons. The maximum atomic E-state index is 11.5. The van der Waals surface area contributed by atoms with Crippen molar-refractivity contribution in [3.05, 3.63) is 0 Å². The summed E-state index contributed by atoms with van der Waals surface area (Å²) >= 11 is 0. The summed E-state index contributed by atoms with van der Waals surface area (Å²) in [5, 5.41) is 11.3. The molecule has 1 unspecified atom stereocenters. The number of carboxylic acid groups (broad SMARTS) is 1. The van der Waals surface area contributed by atoms with E-state index in [0.717, 1.165) is 0 Å². The summed E-state index contributed by atoms with van der Waals surface area (Å²) in [7, 11) is 3.40. The molecule has 0 bridgehead atoms. The molecule has 5 nitrogen and oxygen atoms in total. The van der Waals surface area contributed by atoms with Crippen LogP contribution in [0.3, 0.4) is 0 Å².